The van der Waals surface area contributed by atoms with Gasteiger partial charge in [0.15, 0.2) is 11.5 Å². The molecule has 28 heavy (non-hydrogen) atoms. The highest BCUT2D eigenvalue weighted by Gasteiger charge is 2.25. The van der Waals surface area contributed by atoms with Crippen molar-refractivity contribution in [2.24, 2.45) is 0 Å². The molecule has 146 valence electrons. The molecule has 2 amide bonds. The number of benzene rings is 2. The fourth-order valence-corrected chi connectivity index (χ4v) is 3.48. The zero-order valence-corrected chi connectivity index (χ0v) is 16.2. The molecule has 4 rings (SSSR count). The van der Waals surface area contributed by atoms with Crippen LogP contribution in [0.15, 0.2) is 48.7 Å². The first-order chi connectivity index (χ1) is 13.5. The lowest BCUT2D eigenvalue weighted by Gasteiger charge is -2.28. The molecular formula is C22H25N3O3. The number of aromatic amines is 1. The largest absolute Gasteiger partial charge is 0.486 e. The number of amides is 2. The average molecular weight is 379 g/mol. The lowest BCUT2D eigenvalue weighted by atomic mass is 9.94. The Balaban J connectivity index is 1.35. The highest BCUT2D eigenvalue weighted by Crippen LogP contribution is 2.34. The second-order valence-corrected chi connectivity index (χ2v) is 7.47. The number of hydrogen-bond donors (Lipinski definition) is 3. The predicted molar refractivity (Wildman–Crippen MR) is 109 cm³/mol. The summed E-state index contributed by atoms with van der Waals surface area (Å²) in [6.07, 6.45) is 2.77. The highest BCUT2D eigenvalue weighted by atomic mass is 16.6. The monoisotopic (exact) mass is 379 g/mol. The van der Waals surface area contributed by atoms with E-state index in [1.807, 2.05) is 50.4 Å². The number of nitrogens with one attached hydrogen (secondary N) is 3. The standard InChI is InChI=1S/C22H25N3O3/c1-22(2,16-7-8-19-20(13-16)28-12-11-27-19)25-21(26)23-10-9-15-14-24-18-6-4-3-5-17(15)18/h3-8,13-14,24H,9-12H2,1-2H3,(H2,23,25,26). The summed E-state index contributed by atoms with van der Waals surface area (Å²) in [5.41, 5.74) is 2.73. The van der Waals surface area contributed by atoms with E-state index < -0.39 is 5.54 Å². The molecular weight excluding hydrogens is 354 g/mol. The Morgan fingerprint density at radius 2 is 1.89 bits per heavy atom. The van der Waals surface area contributed by atoms with Crippen LogP contribution in [-0.2, 0) is 12.0 Å². The topological polar surface area (TPSA) is 75.4 Å². The molecule has 2 heterocycles. The number of H-pyrrole nitrogens is 1. The van der Waals surface area contributed by atoms with E-state index in [1.54, 1.807) is 0 Å². The summed E-state index contributed by atoms with van der Waals surface area (Å²) in [7, 11) is 0. The van der Waals surface area contributed by atoms with Gasteiger partial charge in [-0.2, -0.15) is 0 Å². The van der Waals surface area contributed by atoms with Crippen molar-refractivity contribution in [3.05, 3.63) is 59.8 Å². The molecule has 0 unspecified atom stereocenters. The SMILES string of the molecule is CC(C)(NC(=O)NCCc1c[nH]c2ccccc12)c1ccc2c(c1)OCCO2. The van der Waals surface area contributed by atoms with Crippen LogP contribution in [0.1, 0.15) is 25.0 Å². The van der Waals surface area contributed by atoms with Crippen molar-refractivity contribution >= 4 is 16.9 Å². The first-order valence-electron chi connectivity index (χ1n) is 9.54. The van der Waals surface area contributed by atoms with Crippen LogP contribution in [0.2, 0.25) is 0 Å². The van der Waals surface area contributed by atoms with E-state index in [2.05, 4.69) is 27.8 Å². The van der Waals surface area contributed by atoms with Crippen LogP contribution < -0.4 is 20.1 Å². The van der Waals surface area contributed by atoms with E-state index in [9.17, 15) is 4.79 Å². The maximum Gasteiger partial charge on any atom is 0.315 e. The third-order valence-electron chi connectivity index (χ3n) is 5.04. The van der Waals surface area contributed by atoms with E-state index in [4.69, 9.17) is 9.47 Å². The number of urea groups is 1. The molecule has 0 atom stereocenters. The first-order valence-corrected chi connectivity index (χ1v) is 9.54. The van der Waals surface area contributed by atoms with Crippen LogP contribution in [-0.4, -0.2) is 30.8 Å². The van der Waals surface area contributed by atoms with Crippen LogP contribution in [0.25, 0.3) is 10.9 Å². The summed E-state index contributed by atoms with van der Waals surface area (Å²) in [6.45, 7) is 5.60. The molecule has 1 aliphatic rings. The number of rotatable bonds is 5. The first kappa shape index (κ1) is 18.2. The van der Waals surface area contributed by atoms with Gasteiger partial charge in [0.2, 0.25) is 0 Å². The lowest BCUT2D eigenvalue weighted by molar-refractivity contribution is 0.171. The van der Waals surface area contributed by atoms with Crippen LogP contribution >= 0.6 is 0 Å². The van der Waals surface area contributed by atoms with Crippen molar-refractivity contribution in [2.75, 3.05) is 19.8 Å². The van der Waals surface area contributed by atoms with Crippen molar-refractivity contribution in [1.82, 2.24) is 15.6 Å². The van der Waals surface area contributed by atoms with Crippen LogP contribution in [0.5, 0.6) is 11.5 Å². The Kier molecular flexibility index (Phi) is 4.86. The number of ether oxygens (including phenoxy) is 2. The Morgan fingerprint density at radius 1 is 1.11 bits per heavy atom. The normalized spacial score (nSPS) is 13.4. The van der Waals surface area contributed by atoms with E-state index in [-0.39, 0.29) is 6.03 Å². The zero-order valence-electron chi connectivity index (χ0n) is 16.2. The second kappa shape index (κ2) is 7.46. The number of carbonyl (C=O) groups excluding carboxylic acids is 1. The molecule has 6 heteroatoms. The number of para-hydroxylation sites is 1. The van der Waals surface area contributed by atoms with Gasteiger partial charge in [-0.1, -0.05) is 24.3 Å². The van der Waals surface area contributed by atoms with Gasteiger partial charge >= 0.3 is 6.03 Å². The van der Waals surface area contributed by atoms with Gasteiger partial charge in [-0.3, -0.25) is 0 Å². The van der Waals surface area contributed by atoms with Gasteiger partial charge in [0.25, 0.3) is 0 Å². The van der Waals surface area contributed by atoms with Gasteiger partial charge in [-0.25, -0.2) is 4.79 Å². The molecule has 3 N–H and O–H groups in total. The molecule has 1 aliphatic heterocycles. The molecule has 0 fully saturated rings. The minimum atomic E-state index is -0.541. The average Bonchev–Trinajstić information content (AvgIpc) is 3.10. The molecule has 1 aromatic heterocycles. The maximum absolute atomic E-state index is 12.4. The second-order valence-electron chi connectivity index (χ2n) is 7.47. The van der Waals surface area contributed by atoms with Crippen molar-refractivity contribution in [1.29, 1.82) is 0 Å². The highest BCUT2D eigenvalue weighted by molar-refractivity contribution is 5.83. The fraction of sp³-hybridized carbons (Fsp3) is 0.318. The van der Waals surface area contributed by atoms with E-state index in [0.29, 0.717) is 19.8 Å². The predicted octanol–water partition coefficient (Wildman–Crippen LogP) is 3.72. The maximum atomic E-state index is 12.4. The Hall–Kier alpha value is -3.15. The molecule has 0 bridgehead atoms. The summed E-state index contributed by atoms with van der Waals surface area (Å²) >= 11 is 0. The molecule has 0 radical (unpaired) electrons. The third-order valence-corrected chi connectivity index (χ3v) is 5.04. The van der Waals surface area contributed by atoms with Crippen LogP contribution in [0.3, 0.4) is 0 Å². The fourth-order valence-electron chi connectivity index (χ4n) is 3.48. The van der Waals surface area contributed by atoms with Gasteiger partial charge in [-0.15, -0.1) is 0 Å². The molecule has 0 saturated carbocycles. The number of fused-ring (bicyclic) bond motifs is 2. The van der Waals surface area contributed by atoms with Gasteiger partial charge < -0.3 is 25.1 Å². The molecule has 2 aromatic carbocycles. The summed E-state index contributed by atoms with van der Waals surface area (Å²) < 4.78 is 11.2. The molecule has 3 aromatic rings. The van der Waals surface area contributed by atoms with Crippen molar-refractivity contribution in [3.63, 3.8) is 0 Å². The summed E-state index contributed by atoms with van der Waals surface area (Å²) in [5, 5.41) is 7.19. The molecule has 0 spiro atoms. The van der Waals surface area contributed by atoms with Gasteiger partial charge in [-0.05, 0) is 49.6 Å². The third kappa shape index (κ3) is 3.76. The van der Waals surface area contributed by atoms with Gasteiger partial charge in [0.05, 0.1) is 5.54 Å². The zero-order chi connectivity index (χ0) is 19.6. The number of aromatic nitrogens is 1. The van der Waals surface area contributed by atoms with Crippen molar-refractivity contribution < 1.29 is 14.3 Å². The van der Waals surface area contributed by atoms with Gasteiger partial charge in [0.1, 0.15) is 13.2 Å². The minimum Gasteiger partial charge on any atom is -0.486 e. The molecule has 0 aliphatic carbocycles. The van der Waals surface area contributed by atoms with Crippen LogP contribution in [0, 0.1) is 0 Å². The van der Waals surface area contributed by atoms with E-state index >= 15 is 0 Å². The Bertz CT molecular complexity index is 994. The molecule has 6 nitrogen and oxygen atoms in total. The minimum absolute atomic E-state index is 0.195. The van der Waals surface area contributed by atoms with Crippen LogP contribution in [0.4, 0.5) is 4.79 Å². The number of hydrogen-bond acceptors (Lipinski definition) is 3. The summed E-state index contributed by atoms with van der Waals surface area (Å²) in [6, 6.07) is 13.8. The van der Waals surface area contributed by atoms with Gasteiger partial charge in [0, 0.05) is 23.6 Å². The van der Waals surface area contributed by atoms with E-state index in [0.717, 1.165) is 29.0 Å². The molecule has 0 saturated heterocycles. The summed E-state index contributed by atoms with van der Waals surface area (Å²) in [5.74, 6) is 1.47. The smallest absolute Gasteiger partial charge is 0.315 e. The number of carbonyl (C=O) groups is 1. The Labute approximate surface area is 164 Å². The lowest BCUT2D eigenvalue weighted by Crippen LogP contribution is -2.46. The summed E-state index contributed by atoms with van der Waals surface area (Å²) in [4.78, 5) is 15.7. The van der Waals surface area contributed by atoms with Crippen molar-refractivity contribution in [2.45, 2.75) is 25.8 Å². The van der Waals surface area contributed by atoms with Crippen molar-refractivity contribution in [3.8, 4) is 11.5 Å². The quantitative estimate of drug-likeness (QED) is 0.632. The Morgan fingerprint density at radius 3 is 2.75 bits per heavy atom. The van der Waals surface area contributed by atoms with E-state index in [1.165, 1.54) is 10.9 Å².